The Morgan fingerprint density at radius 3 is 2.57 bits per heavy atom. The highest BCUT2D eigenvalue weighted by atomic mass is 16.2. The molecule has 1 aromatic carbocycles. The van der Waals surface area contributed by atoms with E-state index >= 15 is 0 Å². The maximum Gasteiger partial charge on any atom is 0.254 e. The molecule has 3 aromatic rings. The molecule has 7 nitrogen and oxygen atoms in total. The molecule has 0 aliphatic carbocycles. The van der Waals surface area contributed by atoms with Crippen LogP contribution in [0.3, 0.4) is 0 Å². The summed E-state index contributed by atoms with van der Waals surface area (Å²) in [4.78, 5) is 39.0. The Morgan fingerprint density at radius 2 is 1.86 bits per heavy atom. The van der Waals surface area contributed by atoms with Crippen molar-refractivity contribution in [2.45, 2.75) is 19.0 Å². The van der Waals surface area contributed by atoms with Crippen molar-refractivity contribution in [3.63, 3.8) is 0 Å². The van der Waals surface area contributed by atoms with Crippen molar-refractivity contribution in [3.8, 4) is 11.4 Å². The fourth-order valence-corrected chi connectivity index (χ4v) is 3.18. The van der Waals surface area contributed by atoms with E-state index in [-0.39, 0.29) is 17.9 Å². The van der Waals surface area contributed by atoms with E-state index in [1.165, 1.54) is 12.4 Å². The van der Waals surface area contributed by atoms with Crippen molar-refractivity contribution in [3.05, 3.63) is 78.4 Å². The van der Waals surface area contributed by atoms with Crippen molar-refractivity contribution >= 4 is 11.8 Å². The van der Waals surface area contributed by atoms with Gasteiger partial charge in [-0.05, 0) is 17.7 Å². The number of carbonyl (C=O) groups is 2. The van der Waals surface area contributed by atoms with Crippen LogP contribution in [0.1, 0.15) is 22.3 Å². The molecule has 1 atom stereocenters. The number of hydrogen-bond acceptors (Lipinski definition) is 5. The lowest BCUT2D eigenvalue weighted by Gasteiger charge is -2.17. The number of rotatable bonds is 5. The molecule has 4 rings (SSSR count). The van der Waals surface area contributed by atoms with Gasteiger partial charge in [0.05, 0.1) is 11.6 Å². The van der Waals surface area contributed by atoms with E-state index in [0.717, 1.165) is 11.1 Å². The average molecular weight is 373 g/mol. The van der Waals surface area contributed by atoms with Gasteiger partial charge in [-0.25, -0.2) is 9.97 Å². The zero-order chi connectivity index (χ0) is 19.3. The third-order valence-electron chi connectivity index (χ3n) is 4.60. The predicted octanol–water partition coefficient (Wildman–Crippen LogP) is 2.07. The van der Waals surface area contributed by atoms with Crippen molar-refractivity contribution < 1.29 is 9.59 Å². The summed E-state index contributed by atoms with van der Waals surface area (Å²) in [6.45, 7) is 1.04. The lowest BCUT2D eigenvalue weighted by atomic mass is 10.2. The molecule has 0 bridgehead atoms. The summed E-state index contributed by atoms with van der Waals surface area (Å²) in [6, 6.07) is 13.3. The Bertz CT molecular complexity index is 961. The molecule has 2 aromatic heterocycles. The second kappa shape index (κ2) is 7.96. The van der Waals surface area contributed by atoms with Crippen LogP contribution in [0.25, 0.3) is 11.4 Å². The normalized spacial score (nSPS) is 16.2. The van der Waals surface area contributed by atoms with E-state index in [0.29, 0.717) is 30.9 Å². The minimum absolute atomic E-state index is 0.0392. The average Bonchev–Trinajstić information content (AvgIpc) is 3.08. The molecule has 3 heterocycles. The monoisotopic (exact) mass is 373 g/mol. The summed E-state index contributed by atoms with van der Waals surface area (Å²) < 4.78 is 0. The number of nitrogens with zero attached hydrogens (tertiary/aromatic N) is 4. The summed E-state index contributed by atoms with van der Waals surface area (Å²) >= 11 is 0. The second-order valence-corrected chi connectivity index (χ2v) is 6.67. The molecule has 0 spiro atoms. The topological polar surface area (TPSA) is 88.1 Å². The van der Waals surface area contributed by atoms with Gasteiger partial charge in [0, 0.05) is 49.9 Å². The van der Waals surface area contributed by atoms with E-state index in [9.17, 15) is 9.59 Å². The van der Waals surface area contributed by atoms with Crippen LogP contribution in [-0.4, -0.2) is 44.3 Å². The van der Waals surface area contributed by atoms with Crippen LogP contribution in [0.5, 0.6) is 0 Å². The number of benzene rings is 1. The van der Waals surface area contributed by atoms with E-state index < -0.39 is 0 Å². The standard InChI is InChI=1S/C21H19N5O2/c27-19-9-18(14-26(19)13-15-5-2-1-3-6-15)25-21(28)17-11-23-20(24-12-17)16-7-4-8-22-10-16/h1-8,10-12,18H,9,13-14H2,(H,25,28)/t18-/m1/s1. The van der Waals surface area contributed by atoms with Gasteiger partial charge in [0.1, 0.15) is 0 Å². The molecule has 1 aliphatic rings. The Balaban J connectivity index is 1.37. The molecule has 1 fully saturated rings. The number of carbonyl (C=O) groups excluding carboxylic acids is 2. The summed E-state index contributed by atoms with van der Waals surface area (Å²) in [5, 5.41) is 2.91. The molecular formula is C21H19N5O2. The smallest absolute Gasteiger partial charge is 0.254 e. The number of hydrogen-bond donors (Lipinski definition) is 1. The highest BCUT2D eigenvalue weighted by Crippen LogP contribution is 2.16. The number of pyridine rings is 1. The first kappa shape index (κ1) is 17.8. The van der Waals surface area contributed by atoms with Gasteiger partial charge in [-0.15, -0.1) is 0 Å². The SMILES string of the molecule is O=C(N[C@@H]1CC(=O)N(Cc2ccccc2)C1)c1cnc(-c2cccnc2)nc1. The van der Waals surface area contributed by atoms with Gasteiger partial charge in [0.2, 0.25) is 5.91 Å². The molecule has 0 saturated carbocycles. The van der Waals surface area contributed by atoms with Crippen molar-refractivity contribution in [1.82, 2.24) is 25.2 Å². The van der Waals surface area contributed by atoms with Gasteiger partial charge < -0.3 is 10.2 Å². The Morgan fingerprint density at radius 1 is 1.07 bits per heavy atom. The van der Waals surface area contributed by atoms with Crippen molar-refractivity contribution in [1.29, 1.82) is 0 Å². The van der Waals surface area contributed by atoms with E-state index in [2.05, 4.69) is 20.3 Å². The van der Waals surface area contributed by atoms with E-state index in [1.807, 2.05) is 36.4 Å². The minimum atomic E-state index is -0.280. The maximum atomic E-state index is 12.5. The molecule has 140 valence electrons. The predicted molar refractivity (Wildman–Crippen MR) is 103 cm³/mol. The third kappa shape index (κ3) is 4.03. The van der Waals surface area contributed by atoms with Gasteiger partial charge in [-0.2, -0.15) is 0 Å². The third-order valence-corrected chi connectivity index (χ3v) is 4.60. The number of amides is 2. The van der Waals surface area contributed by atoms with Gasteiger partial charge in [0.25, 0.3) is 5.91 Å². The molecule has 1 N–H and O–H groups in total. The van der Waals surface area contributed by atoms with Crippen LogP contribution in [0.4, 0.5) is 0 Å². The Hall–Kier alpha value is -3.61. The molecule has 1 saturated heterocycles. The molecular weight excluding hydrogens is 354 g/mol. The summed E-state index contributed by atoms with van der Waals surface area (Å²) in [5.41, 5.74) is 2.22. The van der Waals surface area contributed by atoms with Crippen molar-refractivity contribution in [2.24, 2.45) is 0 Å². The minimum Gasteiger partial charge on any atom is -0.347 e. The number of aromatic nitrogens is 3. The molecule has 0 unspecified atom stereocenters. The zero-order valence-electron chi connectivity index (χ0n) is 15.2. The van der Waals surface area contributed by atoms with Crippen LogP contribution < -0.4 is 5.32 Å². The van der Waals surface area contributed by atoms with Gasteiger partial charge in [-0.3, -0.25) is 14.6 Å². The van der Waals surface area contributed by atoms with Gasteiger partial charge >= 0.3 is 0 Å². The summed E-state index contributed by atoms with van der Waals surface area (Å²) in [6.07, 6.45) is 6.62. The largest absolute Gasteiger partial charge is 0.347 e. The quantitative estimate of drug-likeness (QED) is 0.740. The molecule has 28 heavy (non-hydrogen) atoms. The fraction of sp³-hybridized carbons (Fsp3) is 0.190. The van der Waals surface area contributed by atoms with Crippen molar-refractivity contribution in [2.75, 3.05) is 6.54 Å². The van der Waals surface area contributed by atoms with Crippen LogP contribution in [0, 0.1) is 0 Å². The van der Waals surface area contributed by atoms with E-state index in [1.54, 1.807) is 23.4 Å². The maximum absolute atomic E-state index is 12.5. The Kier molecular flexibility index (Phi) is 5.05. The summed E-state index contributed by atoms with van der Waals surface area (Å²) in [7, 11) is 0. The zero-order valence-corrected chi connectivity index (χ0v) is 15.2. The van der Waals surface area contributed by atoms with Crippen LogP contribution in [-0.2, 0) is 11.3 Å². The molecule has 2 amide bonds. The highest BCUT2D eigenvalue weighted by molar-refractivity contribution is 5.94. The number of likely N-dealkylation sites (tertiary alicyclic amines) is 1. The lowest BCUT2D eigenvalue weighted by molar-refractivity contribution is -0.128. The van der Waals surface area contributed by atoms with Gasteiger partial charge in [-0.1, -0.05) is 30.3 Å². The summed E-state index contributed by atoms with van der Waals surface area (Å²) in [5.74, 6) is 0.268. The van der Waals surface area contributed by atoms with Crippen LogP contribution in [0.15, 0.2) is 67.3 Å². The first-order valence-corrected chi connectivity index (χ1v) is 9.04. The molecule has 7 heteroatoms. The van der Waals surface area contributed by atoms with Crippen LogP contribution >= 0.6 is 0 Å². The number of nitrogens with one attached hydrogen (secondary N) is 1. The van der Waals surface area contributed by atoms with Gasteiger partial charge in [0.15, 0.2) is 5.82 Å². The molecule has 1 aliphatic heterocycles. The highest BCUT2D eigenvalue weighted by Gasteiger charge is 2.30. The first-order valence-electron chi connectivity index (χ1n) is 9.04. The first-order chi connectivity index (χ1) is 13.7. The molecule has 0 radical (unpaired) electrons. The van der Waals surface area contributed by atoms with E-state index in [4.69, 9.17) is 0 Å². The lowest BCUT2D eigenvalue weighted by Crippen LogP contribution is -2.37. The fourth-order valence-electron chi connectivity index (χ4n) is 3.18. The second-order valence-electron chi connectivity index (χ2n) is 6.67. The van der Waals surface area contributed by atoms with Crippen LogP contribution in [0.2, 0.25) is 0 Å². The Labute approximate surface area is 162 Å².